The van der Waals surface area contributed by atoms with E-state index in [0.717, 1.165) is 6.21 Å². The minimum absolute atomic E-state index is 0.0370. The van der Waals surface area contributed by atoms with Gasteiger partial charge in [0, 0.05) is 11.6 Å². The molecule has 10 heteroatoms. The Morgan fingerprint density at radius 1 is 1.30 bits per heavy atom. The number of hydrogen-bond donors (Lipinski definition) is 2. The number of ether oxygens (including phenoxy) is 2. The lowest BCUT2D eigenvalue weighted by molar-refractivity contribution is -0.463. The number of guanidine groups is 1. The molecule has 0 aliphatic heterocycles. The summed E-state index contributed by atoms with van der Waals surface area (Å²) >= 11 is 0. The van der Waals surface area contributed by atoms with E-state index in [1.807, 2.05) is 0 Å². The Morgan fingerprint density at radius 2 is 1.95 bits per heavy atom. The van der Waals surface area contributed by atoms with Crippen LogP contribution in [0.1, 0.15) is 5.56 Å². The summed E-state index contributed by atoms with van der Waals surface area (Å²) in [4.78, 5) is 10.2. The molecule has 20 heavy (non-hydrogen) atoms. The van der Waals surface area contributed by atoms with Gasteiger partial charge in [0.1, 0.15) is 0 Å². The zero-order valence-electron chi connectivity index (χ0n) is 10.8. The fourth-order valence-electron chi connectivity index (χ4n) is 1.36. The molecule has 4 N–H and O–H groups in total. The fraction of sp³-hybridized carbons (Fsp3) is 0.200. The number of nitrogens with zero attached hydrogens (tertiary/aromatic N) is 3. The summed E-state index contributed by atoms with van der Waals surface area (Å²) in [6, 6.07) is 2.36. The van der Waals surface area contributed by atoms with Gasteiger partial charge >= 0.3 is 5.96 Å². The third-order valence-electron chi connectivity index (χ3n) is 2.23. The van der Waals surface area contributed by atoms with Crippen LogP contribution in [0.3, 0.4) is 0 Å². The Labute approximate surface area is 113 Å². The molecule has 0 fully saturated rings. The van der Waals surface area contributed by atoms with Gasteiger partial charge in [0.2, 0.25) is 0 Å². The van der Waals surface area contributed by atoms with Crippen LogP contribution >= 0.6 is 0 Å². The average molecular weight is 283 g/mol. The zero-order valence-corrected chi connectivity index (χ0v) is 10.8. The van der Waals surface area contributed by atoms with Crippen molar-refractivity contribution >= 4 is 17.9 Å². The first-order valence-electron chi connectivity index (χ1n) is 5.20. The van der Waals surface area contributed by atoms with Gasteiger partial charge in [-0.3, -0.25) is 21.6 Å². The molecule has 0 aromatic heterocycles. The van der Waals surface area contributed by atoms with Crippen LogP contribution in [-0.4, -0.2) is 36.2 Å². The minimum Gasteiger partial charge on any atom is -0.722 e. The highest BCUT2D eigenvalue weighted by molar-refractivity contribution is 5.86. The number of methoxy groups -OCH3 is 2. The van der Waals surface area contributed by atoms with Gasteiger partial charge in [0.05, 0.1) is 31.4 Å². The molecule has 0 unspecified atom stereocenters. The van der Waals surface area contributed by atoms with Crippen molar-refractivity contribution in [2.75, 3.05) is 14.2 Å². The van der Waals surface area contributed by atoms with Crippen molar-refractivity contribution in [1.82, 2.24) is 0 Å². The summed E-state index contributed by atoms with van der Waals surface area (Å²) < 4.78 is 10.1. The van der Waals surface area contributed by atoms with Crippen LogP contribution in [0.25, 0.3) is 0 Å². The Balaban J connectivity index is 3.39. The molecule has 0 heterocycles. The van der Waals surface area contributed by atoms with E-state index in [4.69, 9.17) is 20.9 Å². The molecule has 1 aromatic carbocycles. The largest absolute Gasteiger partial charge is 0.722 e. The molecular formula is C10H13N5O5. The molecule has 0 aliphatic carbocycles. The molecule has 0 saturated heterocycles. The van der Waals surface area contributed by atoms with Crippen molar-refractivity contribution in [2.24, 2.45) is 16.6 Å². The Hall–Kier alpha value is -3.04. The summed E-state index contributed by atoms with van der Waals surface area (Å²) in [7, 11) is 2.67. The molecule has 0 amide bonds. The number of hydrazone groups is 1. The Kier molecular flexibility index (Phi) is 4.67. The van der Waals surface area contributed by atoms with Crippen LogP contribution < -0.4 is 20.9 Å². The van der Waals surface area contributed by atoms with E-state index < -0.39 is 10.9 Å². The van der Waals surface area contributed by atoms with Crippen LogP contribution in [-0.2, 0) is 0 Å². The lowest BCUT2D eigenvalue weighted by Gasteiger charge is -2.10. The minimum atomic E-state index is -0.613. The van der Waals surface area contributed by atoms with Crippen LogP contribution in [0.4, 0.5) is 5.69 Å². The van der Waals surface area contributed by atoms with Crippen LogP contribution in [0, 0.1) is 15.3 Å². The SMILES string of the molecule is COc1cc([N+](=O)[O-])cc(C=N[N+]([O-])=C(N)N)c1OC. The molecule has 0 bridgehead atoms. The van der Waals surface area contributed by atoms with Crippen molar-refractivity contribution in [3.05, 3.63) is 33.0 Å². The van der Waals surface area contributed by atoms with Gasteiger partial charge in [-0.2, -0.15) is 0 Å². The van der Waals surface area contributed by atoms with Gasteiger partial charge in [-0.05, 0) is 0 Å². The first-order chi connectivity index (χ1) is 9.40. The lowest BCUT2D eigenvalue weighted by atomic mass is 10.1. The first-order valence-corrected chi connectivity index (χ1v) is 5.20. The predicted octanol–water partition coefficient (Wildman–Crippen LogP) is -0.270. The number of non-ortho nitro benzene ring substituents is 1. The Morgan fingerprint density at radius 3 is 2.40 bits per heavy atom. The van der Waals surface area contributed by atoms with E-state index in [1.165, 1.54) is 26.4 Å². The van der Waals surface area contributed by atoms with Crippen molar-refractivity contribution in [3.8, 4) is 11.5 Å². The monoisotopic (exact) mass is 283 g/mol. The highest BCUT2D eigenvalue weighted by Crippen LogP contribution is 2.34. The second-order valence-corrected chi connectivity index (χ2v) is 3.47. The average Bonchev–Trinajstić information content (AvgIpc) is 2.42. The Bertz CT molecular complexity index is 580. The number of nitro benzene ring substituents is 1. The first kappa shape index (κ1) is 15.0. The smallest absolute Gasteiger partial charge is 0.366 e. The van der Waals surface area contributed by atoms with Gasteiger partial charge in [0.15, 0.2) is 11.5 Å². The van der Waals surface area contributed by atoms with E-state index in [1.54, 1.807) is 0 Å². The van der Waals surface area contributed by atoms with Gasteiger partial charge in [-0.25, -0.2) is 0 Å². The van der Waals surface area contributed by atoms with E-state index in [9.17, 15) is 15.3 Å². The zero-order chi connectivity index (χ0) is 15.3. The molecule has 1 aromatic rings. The van der Waals surface area contributed by atoms with Gasteiger partial charge < -0.3 is 14.7 Å². The standard InChI is InChI=1S/C10H13N5O5/c1-19-8-4-7(15(17)18)3-6(9(8)20-2)5-13-14(16)10(11)12/h3-5H,11-12H2,1-2H3. The molecule has 0 radical (unpaired) electrons. The summed E-state index contributed by atoms with van der Waals surface area (Å²) in [6.45, 7) is 0. The molecule has 10 nitrogen and oxygen atoms in total. The molecule has 0 atom stereocenters. The number of hydrogen-bond acceptors (Lipinski definition) is 6. The van der Waals surface area contributed by atoms with Crippen molar-refractivity contribution in [3.63, 3.8) is 0 Å². The molecular weight excluding hydrogens is 270 g/mol. The lowest BCUT2D eigenvalue weighted by Crippen LogP contribution is -2.30. The maximum absolute atomic E-state index is 11.1. The quantitative estimate of drug-likeness (QED) is 0.188. The van der Waals surface area contributed by atoms with Gasteiger partial charge in [-0.15, -0.1) is 9.95 Å². The normalized spacial score (nSPS) is 10.3. The number of rotatable bonds is 5. The molecule has 0 aliphatic rings. The van der Waals surface area contributed by atoms with Gasteiger partial charge in [-0.1, -0.05) is 0 Å². The molecule has 1 rings (SSSR count). The van der Waals surface area contributed by atoms with Crippen LogP contribution in [0.15, 0.2) is 17.2 Å². The molecule has 0 spiro atoms. The number of benzene rings is 1. The maximum Gasteiger partial charge on any atom is 0.366 e. The topological polar surface area (TPSA) is 152 Å². The van der Waals surface area contributed by atoms with Crippen molar-refractivity contribution in [2.45, 2.75) is 0 Å². The van der Waals surface area contributed by atoms with E-state index >= 15 is 0 Å². The van der Waals surface area contributed by atoms with Crippen molar-refractivity contribution < 1.29 is 19.2 Å². The van der Waals surface area contributed by atoms with E-state index in [-0.39, 0.29) is 27.6 Å². The second kappa shape index (κ2) is 6.22. The third-order valence-corrected chi connectivity index (χ3v) is 2.23. The van der Waals surface area contributed by atoms with Gasteiger partial charge in [0.25, 0.3) is 5.69 Å². The van der Waals surface area contributed by atoms with Crippen LogP contribution in [0.2, 0.25) is 0 Å². The number of nitro groups is 1. The maximum atomic E-state index is 11.1. The number of nitrogens with two attached hydrogens (primary N) is 2. The van der Waals surface area contributed by atoms with Crippen LogP contribution in [0.5, 0.6) is 11.5 Å². The summed E-state index contributed by atoms with van der Waals surface area (Å²) in [5.74, 6) is -0.256. The summed E-state index contributed by atoms with van der Waals surface area (Å²) in [5.41, 5.74) is 9.99. The highest BCUT2D eigenvalue weighted by atomic mass is 16.6. The molecule has 108 valence electrons. The summed E-state index contributed by atoms with van der Waals surface area (Å²) in [5, 5.41) is 25.3. The van der Waals surface area contributed by atoms with Crippen molar-refractivity contribution in [1.29, 1.82) is 0 Å². The predicted molar refractivity (Wildman–Crippen MR) is 70.8 cm³/mol. The van der Waals surface area contributed by atoms with E-state index in [0.29, 0.717) is 0 Å². The highest BCUT2D eigenvalue weighted by Gasteiger charge is 2.17. The molecule has 0 saturated carbocycles. The third kappa shape index (κ3) is 3.25. The van der Waals surface area contributed by atoms with E-state index in [2.05, 4.69) is 5.10 Å². The fourth-order valence-corrected chi connectivity index (χ4v) is 1.36. The second-order valence-electron chi connectivity index (χ2n) is 3.47. The summed E-state index contributed by atoms with van der Waals surface area (Å²) in [6.07, 6.45) is 1.03.